The number of allylic oxidation sites excluding steroid dienone is 4. The molecule has 0 aromatic heterocycles. The molecule has 0 nitrogen and oxygen atoms in total. The van der Waals surface area contributed by atoms with Crippen LogP contribution in [0.25, 0.3) is 11.1 Å². The van der Waals surface area contributed by atoms with Crippen molar-refractivity contribution in [2.24, 2.45) is 0 Å². The van der Waals surface area contributed by atoms with Crippen LogP contribution in [0.2, 0.25) is 5.02 Å². The molecule has 0 saturated carbocycles. The molecule has 6 rings (SSSR count). The molecule has 0 unspecified atom stereocenters. The monoisotopic (exact) mass is 702 g/mol. The molecule has 4 aromatic rings. The smallest absolute Gasteiger partial charge is 1.00 e. The van der Waals surface area contributed by atoms with E-state index in [0.29, 0.717) is 3.63 Å². The van der Waals surface area contributed by atoms with Gasteiger partial charge in [-0.15, -0.1) is 0 Å². The summed E-state index contributed by atoms with van der Waals surface area (Å²) < 4.78 is 3.62. The molecule has 0 aliphatic heterocycles. The maximum atomic E-state index is 6.42. The molecule has 2 aliphatic rings. The van der Waals surface area contributed by atoms with Crippen LogP contribution < -0.4 is 24.8 Å². The van der Waals surface area contributed by atoms with Gasteiger partial charge in [0.15, 0.2) is 0 Å². The van der Waals surface area contributed by atoms with Crippen LogP contribution >= 0.6 is 11.6 Å². The Morgan fingerprint density at radius 2 is 1.19 bits per heavy atom. The summed E-state index contributed by atoms with van der Waals surface area (Å²) in [6.07, 6.45) is 8.13. The molecule has 0 amide bonds. The fourth-order valence-electron chi connectivity index (χ4n) is 6.33. The Kier molecular flexibility index (Phi) is 10.4. The summed E-state index contributed by atoms with van der Waals surface area (Å²) in [6, 6.07) is 34.5. The summed E-state index contributed by atoms with van der Waals surface area (Å²) in [6.45, 7) is 14.0. The van der Waals surface area contributed by atoms with Gasteiger partial charge < -0.3 is 24.8 Å². The van der Waals surface area contributed by atoms with Crippen LogP contribution in [0, 0.1) is 0 Å². The molecule has 4 heteroatoms. The first-order valence-electron chi connectivity index (χ1n) is 14.7. The predicted octanol–water partition coefficient (Wildman–Crippen LogP) is 4.74. The van der Waals surface area contributed by atoms with Gasteiger partial charge in [-0.3, -0.25) is 0 Å². The zero-order valence-corrected chi connectivity index (χ0v) is 30.5. The molecule has 0 heterocycles. The van der Waals surface area contributed by atoms with Crippen molar-refractivity contribution < 1.29 is 46.1 Å². The number of halogens is 3. The first-order chi connectivity index (χ1) is 19.5. The van der Waals surface area contributed by atoms with E-state index in [0.717, 1.165) is 11.4 Å². The Bertz CT molecular complexity index is 1650. The molecule has 4 aromatic carbocycles. The summed E-state index contributed by atoms with van der Waals surface area (Å²) in [5.74, 6) is 0. The van der Waals surface area contributed by atoms with Gasteiger partial charge in [-0.1, -0.05) is 0 Å². The molecule has 0 radical (unpaired) electrons. The molecule has 0 saturated heterocycles. The van der Waals surface area contributed by atoms with Crippen molar-refractivity contribution in [1.29, 1.82) is 0 Å². The summed E-state index contributed by atoms with van der Waals surface area (Å²) in [7, 11) is 0. The molecule has 0 spiro atoms. The van der Waals surface area contributed by atoms with Crippen LogP contribution in [0.5, 0.6) is 0 Å². The molecule has 0 atom stereocenters. The molecule has 2 aliphatic carbocycles. The second-order valence-electron chi connectivity index (χ2n) is 13.5. The molecule has 0 fully saturated rings. The molecule has 0 N–H and O–H groups in total. The Morgan fingerprint density at radius 1 is 0.674 bits per heavy atom. The average molecular weight is 705 g/mol. The number of fused-ring (bicyclic) bond motifs is 3. The van der Waals surface area contributed by atoms with Crippen molar-refractivity contribution in [2.75, 3.05) is 0 Å². The third-order valence-electron chi connectivity index (χ3n) is 8.62. The minimum absolute atomic E-state index is 0. The molecule has 220 valence electrons. The maximum absolute atomic E-state index is 6.42. The van der Waals surface area contributed by atoms with E-state index in [4.69, 9.17) is 11.6 Å². The predicted molar refractivity (Wildman–Crippen MR) is 174 cm³/mol. The van der Waals surface area contributed by atoms with Crippen LogP contribution in [0.3, 0.4) is 0 Å². The molecular formula is C39H39Cl3Zr. The van der Waals surface area contributed by atoms with Crippen molar-refractivity contribution in [3.05, 3.63) is 151 Å². The van der Waals surface area contributed by atoms with E-state index in [2.05, 4.69) is 151 Å². The van der Waals surface area contributed by atoms with Crippen LogP contribution in [0.15, 0.2) is 113 Å². The molecular weight excluding hydrogens is 666 g/mol. The van der Waals surface area contributed by atoms with Gasteiger partial charge in [-0.05, 0) is 0 Å². The van der Waals surface area contributed by atoms with Crippen molar-refractivity contribution in [1.82, 2.24) is 0 Å². The topological polar surface area (TPSA) is 0 Å². The van der Waals surface area contributed by atoms with Gasteiger partial charge in [0.2, 0.25) is 0 Å². The Hall–Kier alpha value is -2.02. The third-order valence-corrected chi connectivity index (χ3v) is 17.2. The average Bonchev–Trinajstić information content (AvgIpc) is 3.58. The largest absolute Gasteiger partial charge is 1.00 e. The second kappa shape index (κ2) is 13.1. The quantitative estimate of drug-likeness (QED) is 0.288. The van der Waals surface area contributed by atoms with Crippen LogP contribution in [-0.2, 0) is 32.1 Å². The number of benzene rings is 4. The van der Waals surface area contributed by atoms with Crippen molar-refractivity contribution in [3.63, 3.8) is 0 Å². The van der Waals surface area contributed by atoms with Crippen molar-refractivity contribution >= 4 is 14.8 Å². The first-order valence-corrected chi connectivity index (χ1v) is 19.0. The summed E-state index contributed by atoms with van der Waals surface area (Å²) in [5, 5.41) is 0.786. The van der Waals surface area contributed by atoms with E-state index >= 15 is 0 Å². The maximum Gasteiger partial charge on any atom is -1.00 e. The minimum Gasteiger partial charge on any atom is -1.00 e. The second-order valence-corrected chi connectivity index (χ2v) is 20.2. The van der Waals surface area contributed by atoms with Crippen LogP contribution in [0.4, 0.5) is 0 Å². The normalized spacial score (nSPS) is 14.3. The number of rotatable bonds is 4. The van der Waals surface area contributed by atoms with E-state index in [9.17, 15) is 0 Å². The van der Waals surface area contributed by atoms with E-state index in [1.807, 2.05) is 0 Å². The summed E-state index contributed by atoms with van der Waals surface area (Å²) >= 11 is 3.74. The minimum atomic E-state index is -2.68. The summed E-state index contributed by atoms with van der Waals surface area (Å²) in [5.41, 5.74) is 11.6. The Morgan fingerprint density at radius 3 is 1.65 bits per heavy atom. The Balaban J connectivity index is 0.00000212. The standard InChI is InChI=1S/C21H25.C13H9Cl.C5H5.2ClH.Zr/c1-20(2,3)16-9-7-14-11-15-8-10-17(21(4,5)6)13-19(15)18(14)12-16;14-13-8-6-12(7-9-13)10-11-4-2-1-3-5-11;1-2-4-5-3-1;;;/h7-13H,1-6H3;1-9H;1-3H,4H2;2*1H;/q;;;;;+2/p-2. The zero-order chi connectivity index (χ0) is 28.9. The molecule has 43 heavy (non-hydrogen) atoms. The van der Waals surface area contributed by atoms with Gasteiger partial charge in [0.25, 0.3) is 0 Å². The fourth-order valence-corrected chi connectivity index (χ4v) is 15.5. The van der Waals surface area contributed by atoms with E-state index < -0.39 is 21.3 Å². The van der Waals surface area contributed by atoms with Gasteiger partial charge in [0.05, 0.1) is 0 Å². The van der Waals surface area contributed by atoms with Crippen LogP contribution in [0.1, 0.15) is 85.0 Å². The first kappa shape index (κ1) is 33.9. The van der Waals surface area contributed by atoms with E-state index in [-0.39, 0.29) is 35.6 Å². The number of hydrogen-bond acceptors (Lipinski definition) is 0. The Labute approximate surface area is 283 Å². The SMILES string of the molecule is CC(C)(C)c1ccc2c(c1)-c1cc(C(C)(C)C)ccc1[CH]2/[Zr+2]([C]1=CC=CC1)=[C](\c1ccccc1)c1ccc(Cl)cc1.[Cl-].[Cl-]. The van der Waals surface area contributed by atoms with Gasteiger partial charge >= 0.3 is 261 Å². The third kappa shape index (κ3) is 6.67. The zero-order valence-electron chi connectivity index (χ0n) is 25.8. The van der Waals surface area contributed by atoms with E-state index in [1.165, 1.54) is 44.5 Å². The van der Waals surface area contributed by atoms with Crippen LogP contribution in [-0.4, -0.2) is 3.21 Å². The van der Waals surface area contributed by atoms with Gasteiger partial charge in [-0.25, -0.2) is 0 Å². The van der Waals surface area contributed by atoms with Crippen molar-refractivity contribution in [3.8, 4) is 11.1 Å². The van der Waals surface area contributed by atoms with Gasteiger partial charge in [-0.2, -0.15) is 0 Å². The number of hydrogen-bond donors (Lipinski definition) is 0. The summed E-state index contributed by atoms with van der Waals surface area (Å²) in [4.78, 5) is 0. The fraction of sp³-hybridized carbons (Fsp3) is 0.256. The van der Waals surface area contributed by atoms with Gasteiger partial charge in [0, 0.05) is 0 Å². The van der Waals surface area contributed by atoms with E-state index in [1.54, 1.807) is 6.49 Å². The van der Waals surface area contributed by atoms with Gasteiger partial charge in [0.1, 0.15) is 0 Å². The van der Waals surface area contributed by atoms with Crippen molar-refractivity contribution in [2.45, 2.75) is 62.4 Å². The molecule has 0 bridgehead atoms.